The van der Waals surface area contributed by atoms with Gasteiger partial charge in [0.15, 0.2) is 0 Å². The van der Waals surface area contributed by atoms with Gasteiger partial charge in [-0.25, -0.2) is 0 Å². The van der Waals surface area contributed by atoms with Crippen molar-refractivity contribution in [2.75, 3.05) is 0 Å². The van der Waals surface area contributed by atoms with Gasteiger partial charge in [0.1, 0.15) is 17.2 Å². The first kappa shape index (κ1) is 32.0. The molecule has 3 aromatic carbocycles. The molecule has 0 aromatic heterocycles. The molecule has 0 aliphatic rings. The molecule has 36 heavy (non-hydrogen) atoms. The minimum absolute atomic E-state index is 0.309. The zero-order chi connectivity index (χ0) is 27.7. The highest BCUT2D eigenvalue weighted by Crippen LogP contribution is 2.33. The van der Waals surface area contributed by atoms with Crippen molar-refractivity contribution in [1.29, 1.82) is 0 Å². The predicted molar refractivity (Wildman–Crippen MR) is 156 cm³/mol. The van der Waals surface area contributed by atoms with Crippen LogP contribution in [0.2, 0.25) is 15.1 Å². The summed E-state index contributed by atoms with van der Waals surface area (Å²) in [6.07, 6.45) is 2.72. The molecule has 0 heterocycles. The molecule has 0 radical (unpaired) electrons. The summed E-state index contributed by atoms with van der Waals surface area (Å²) in [5.74, 6) is 1.37. The number of phenolic OH excluding ortho intramolecular Hbond substituents is 3. The predicted octanol–water partition coefficient (Wildman–Crippen LogP) is 10.0. The SMILES string of the molecule is CCCc1cc(Cl)c(C)cc1O.CCc1c(O)cc(C)c(Cl)c1C.Cc1c(Cl)ccc(O)c1C(C)C. The molecule has 3 N–H and O–H groups in total. The lowest BCUT2D eigenvalue weighted by atomic mass is 9.97. The molecule has 0 atom stereocenters. The van der Waals surface area contributed by atoms with Gasteiger partial charge in [0.2, 0.25) is 0 Å². The van der Waals surface area contributed by atoms with Gasteiger partial charge in [0, 0.05) is 20.6 Å². The average Bonchev–Trinajstić information content (AvgIpc) is 2.80. The molecule has 0 saturated heterocycles. The largest absolute Gasteiger partial charge is 0.508 e. The highest BCUT2D eigenvalue weighted by molar-refractivity contribution is 6.32. The van der Waals surface area contributed by atoms with Crippen LogP contribution in [-0.2, 0) is 12.8 Å². The molecule has 6 heteroatoms. The van der Waals surface area contributed by atoms with Crippen LogP contribution in [0.3, 0.4) is 0 Å². The Morgan fingerprint density at radius 1 is 0.722 bits per heavy atom. The number of aromatic hydroxyl groups is 3. The molecule has 0 saturated carbocycles. The van der Waals surface area contributed by atoms with Crippen LogP contribution in [-0.4, -0.2) is 15.3 Å². The topological polar surface area (TPSA) is 60.7 Å². The minimum Gasteiger partial charge on any atom is -0.508 e. The van der Waals surface area contributed by atoms with E-state index in [4.69, 9.17) is 34.8 Å². The van der Waals surface area contributed by atoms with Gasteiger partial charge in [0.05, 0.1) is 0 Å². The standard InChI is InChI=1S/3C10H13ClO/c1-6(2)10-7(3)8(11)4-5-9(10)12;1-4-8-7(3)10(11)6(2)5-9(8)12;1-3-4-8-6-9(11)7(2)5-10(8)12/h4-6,12H,1-3H3;5,12H,4H2,1-3H3;5-6,12H,3-4H2,1-2H3. The fourth-order valence-electron chi connectivity index (χ4n) is 4.02. The summed E-state index contributed by atoms with van der Waals surface area (Å²) in [7, 11) is 0. The average molecular weight is 554 g/mol. The van der Waals surface area contributed by atoms with Gasteiger partial charge in [-0.3, -0.25) is 0 Å². The molecule has 3 rings (SSSR count). The van der Waals surface area contributed by atoms with E-state index in [1.165, 1.54) is 0 Å². The number of halogens is 3. The summed E-state index contributed by atoms with van der Waals surface area (Å²) in [5, 5.41) is 30.8. The zero-order valence-corrected chi connectivity index (χ0v) is 24.8. The van der Waals surface area contributed by atoms with Gasteiger partial charge in [-0.1, -0.05) is 68.9 Å². The fraction of sp³-hybridized carbons (Fsp3) is 0.400. The summed E-state index contributed by atoms with van der Waals surface area (Å²) >= 11 is 17.9. The van der Waals surface area contributed by atoms with Gasteiger partial charge < -0.3 is 15.3 Å². The fourth-order valence-corrected chi connectivity index (χ4v) is 4.54. The lowest BCUT2D eigenvalue weighted by Crippen LogP contribution is -1.93. The number of hydrogen-bond donors (Lipinski definition) is 3. The second-order valence-corrected chi connectivity index (χ2v) is 10.4. The Kier molecular flexibility index (Phi) is 13.0. The monoisotopic (exact) mass is 552 g/mol. The van der Waals surface area contributed by atoms with Gasteiger partial charge in [-0.05, 0) is 110 Å². The van der Waals surface area contributed by atoms with Crippen molar-refractivity contribution < 1.29 is 15.3 Å². The lowest BCUT2D eigenvalue weighted by Gasteiger charge is -2.12. The zero-order valence-electron chi connectivity index (χ0n) is 22.6. The first-order chi connectivity index (χ1) is 16.8. The number of rotatable bonds is 4. The summed E-state index contributed by atoms with van der Waals surface area (Å²) < 4.78 is 0. The van der Waals surface area contributed by atoms with E-state index < -0.39 is 0 Å². The van der Waals surface area contributed by atoms with E-state index in [9.17, 15) is 15.3 Å². The second kappa shape index (κ2) is 14.6. The number of hydrogen-bond acceptors (Lipinski definition) is 3. The molecule has 0 bridgehead atoms. The third-order valence-corrected chi connectivity index (χ3v) is 7.42. The molecule has 3 nitrogen and oxygen atoms in total. The number of benzene rings is 3. The van der Waals surface area contributed by atoms with Crippen molar-refractivity contribution >= 4 is 34.8 Å². The van der Waals surface area contributed by atoms with Crippen LogP contribution < -0.4 is 0 Å². The van der Waals surface area contributed by atoms with Crippen molar-refractivity contribution in [2.24, 2.45) is 0 Å². The quantitative estimate of drug-likeness (QED) is 0.301. The van der Waals surface area contributed by atoms with Crippen molar-refractivity contribution in [1.82, 2.24) is 0 Å². The molecule has 0 amide bonds. The first-order valence-corrected chi connectivity index (χ1v) is 13.3. The Bertz CT molecular complexity index is 1170. The summed E-state index contributed by atoms with van der Waals surface area (Å²) in [6.45, 7) is 15.8. The Morgan fingerprint density at radius 3 is 1.81 bits per heavy atom. The minimum atomic E-state index is 0.309. The molecule has 0 aliphatic carbocycles. The van der Waals surface area contributed by atoms with Crippen LogP contribution in [0.5, 0.6) is 17.2 Å². The Morgan fingerprint density at radius 2 is 1.31 bits per heavy atom. The van der Waals surface area contributed by atoms with Crippen LogP contribution in [0.1, 0.15) is 79.0 Å². The molecular formula is C30H39Cl3O3. The highest BCUT2D eigenvalue weighted by atomic mass is 35.5. The molecule has 0 spiro atoms. The summed E-state index contributed by atoms with van der Waals surface area (Å²) in [4.78, 5) is 0. The van der Waals surface area contributed by atoms with Gasteiger partial charge in [-0.2, -0.15) is 0 Å². The van der Waals surface area contributed by atoms with Crippen LogP contribution in [0.4, 0.5) is 0 Å². The van der Waals surface area contributed by atoms with Crippen LogP contribution >= 0.6 is 34.8 Å². The maximum atomic E-state index is 9.54. The van der Waals surface area contributed by atoms with E-state index >= 15 is 0 Å². The van der Waals surface area contributed by atoms with Gasteiger partial charge >= 0.3 is 0 Å². The Labute approximate surface area is 231 Å². The van der Waals surface area contributed by atoms with E-state index in [1.54, 1.807) is 24.3 Å². The maximum Gasteiger partial charge on any atom is 0.119 e. The third kappa shape index (κ3) is 8.50. The second-order valence-electron chi connectivity index (χ2n) is 9.22. The van der Waals surface area contributed by atoms with E-state index in [-0.39, 0.29) is 0 Å². The van der Waals surface area contributed by atoms with Crippen molar-refractivity contribution in [3.63, 3.8) is 0 Å². The normalized spacial score (nSPS) is 10.4. The van der Waals surface area contributed by atoms with Crippen molar-refractivity contribution in [3.8, 4) is 17.2 Å². The lowest BCUT2D eigenvalue weighted by molar-refractivity contribution is 0.464. The Hall–Kier alpha value is -2.07. The first-order valence-electron chi connectivity index (χ1n) is 12.2. The van der Waals surface area contributed by atoms with Crippen molar-refractivity contribution in [3.05, 3.63) is 84.3 Å². The smallest absolute Gasteiger partial charge is 0.119 e. The molecule has 198 valence electrons. The summed E-state index contributed by atoms with van der Waals surface area (Å²) in [5.41, 5.74) is 6.67. The van der Waals surface area contributed by atoms with Crippen molar-refractivity contribution in [2.45, 2.75) is 80.6 Å². The van der Waals surface area contributed by atoms with Crippen LogP contribution in [0, 0.1) is 27.7 Å². The van der Waals surface area contributed by atoms with Crippen LogP contribution in [0.25, 0.3) is 0 Å². The maximum absolute atomic E-state index is 9.54. The number of aryl methyl sites for hydroxylation is 3. The molecule has 0 unspecified atom stereocenters. The van der Waals surface area contributed by atoms with E-state index in [0.717, 1.165) is 73.3 Å². The molecular weight excluding hydrogens is 515 g/mol. The van der Waals surface area contributed by atoms with Gasteiger partial charge in [-0.15, -0.1) is 0 Å². The Balaban J connectivity index is 0.000000270. The van der Waals surface area contributed by atoms with E-state index in [0.29, 0.717) is 23.2 Å². The van der Waals surface area contributed by atoms with E-state index in [2.05, 4.69) is 6.92 Å². The molecule has 0 fully saturated rings. The highest BCUT2D eigenvalue weighted by Gasteiger charge is 2.11. The third-order valence-electron chi connectivity index (χ3n) is 6.03. The molecule has 0 aliphatic heterocycles. The van der Waals surface area contributed by atoms with Crippen LogP contribution in [0.15, 0.2) is 30.3 Å². The van der Waals surface area contributed by atoms with E-state index in [1.807, 2.05) is 54.5 Å². The molecule has 3 aromatic rings. The number of phenols is 3. The van der Waals surface area contributed by atoms with Gasteiger partial charge in [0.25, 0.3) is 0 Å². The summed E-state index contributed by atoms with van der Waals surface area (Å²) in [6, 6.07) is 8.64.